The van der Waals surface area contributed by atoms with Crippen molar-refractivity contribution in [3.63, 3.8) is 0 Å². The van der Waals surface area contributed by atoms with Crippen LogP contribution in [0.1, 0.15) is 24.1 Å². The van der Waals surface area contributed by atoms with Gasteiger partial charge in [-0.3, -0.25) is 9.59 Å². The zero-order valence-electron chi connectivity index (χ0n) is 20.3. The van der Waals surface area contributed by atoms with Crippen LogP contribution < -0.4 is 18.9 Å². The van der Waals surface area contributed by atoms with Crippen molar-refractivity contribution in [3.05, 3.63) is 65.8 Å². The second kappa shape index (κ2) is 11.2. The molecule has 1 atom stereocenters. The normalized spacial score (nSPS) is 18.3. The highest BCUT2D eigenvalue weighted by atomic mass is 16.6. The van der Waals surface area contributed by atoms with Gasteiger partial charge in [0.05, 0.1) is 24.8 Å². The van der Waals surface area contributed by atoms with Gasteiger partial charge in [0.15, 0.2) is 23.0 Å². The fourth-order valence-corrected chi connectivity index (χ4v) is 4.22. The first-order valence-corrected chi connectivity index (χ1v) is 11.7. The largest absolute Gasteiger partial charge is 0.507 e. The zero-order valence-corrected chi connectivity index (χ0v) is 20.3. The molecule has 4 rings (SSSR count). The Morgan fingerprint density at radius 2 is 1.89 bits per heavy atom. The topological polar surface area (TPSA) is 104 Å². The smallest absolute Gasteiger partial charge is 0.295 e. The number of ketones is 1. The van der Waals surface area contributed by atoms with Crippen LogP contribution in [0, 0.1) is 0 Å². The molecular weight excluding hydrogens is 466 g/mol. The Morgan fingerprint density at radius 1 is 1.11 bits per heavy atom. The highest BCUT2D eigenvalue weighted by molar-refractivity contribution is 6.46. The van der Waals surface area contributed by atoms with Gasteiger partial charge >= 0.3 is 0 Å². The van der Waals surface area contributed by atoms with E-state index < -0.39 is 17.7 Å². The van der Waals surface area contributed by atoms with Crippen LogP contribution >= 0.6 is 0 Å². The molecule has 2 aliphatic heterocycles. The first kappa shape index (κ1) is 25.1. The minimum atomic E-state index is -0.860. The Balaban J connectivity index is 1.83. The van der Waals surface area contributed by atoms with E-state index >= 15 is 0 Å². The zero-order chi connectivity index (χ0) is 25.7. The number of aliphatic hydroxyl groups is 1. The summed E-state index contributed by atoms with van der Waals surface area (Å²) in [6.45, 7) is 7.35. The second-order valence-electron chi connectivity index (χ2n) is 8.08. The van der Waals surface area contributed by atoms with Crippen molar-refractivity contribution >= 4 is 17.4 Å². The number of hydrogen-bond acceptors (Lipinski definition) is 8. The quantitative estimate of drug-likeness (QED) is 0.231. The van der Waals surface area contributed by atoms with Crippen molar-refractivity contribution in [2.24, 2.45) is 0 Å². The van der Waals surface area contributed by atoms with Gasteiger partial charge in [0.2, 0.25) is 0 Å². The van der Waals surface area contributed by atoms with Gasteiger partial charge in [-0.15, -0.1) is 0 Å². The number of benzene rings is 2. The highest BCUT2D eigenvalue weighted by Gasteiger charge is 2.46. The number of Topliss-reactive ketones (excluding diaryl/α,β-unsaturated/α-hetero) is 1. The number of likely N-dealkylation sites (tertiary alicyclic amines) is 1. The second-order valence-corrected chi connectivity index (χ2v) is 8.08. The molecule has 0 bridgehead atoms. The maximum atomic E-state index is 13.2. The lowest BCUT2D eigenvalue weighted by atomic mass is 9.94. The summed E-state index contributed by atoms with van der Waals surface area (Å²) >= 11 is 0. The van der Waals surface area contributed by atoms with Crippen LogP contribution in [0.25, 0.3) is 5.76 Å². The van der Waals surface area contributed by atoms with E-state index in [9.17, 15) is 14.7 Å². The number of methoxy groups -OCH3 is 1. The molecule has 2 heterocycles. The van der Waals surface area contributed by atoms with E-state index in [-0.39, 0.29) is 31.1 Å². The van der Waals surface area contributed by atoms with Gasteiger partial charge in [0.1, 0.15) is 25.6 Å². The summed E-state index contributed by atoms with van der Waals surface area (Å²) in [5.74, 6) is 0.147. The molecule has 0 saturated carbocycles. The van der Waals surface area contributed by atoms with Gasteiger partial charge in [0.25, 0.3) is 11.7 Å². The van der Waals surface area contributed by atoms with Gasteiger partial charge in [-0.2, -0.15) is 0 Å². The maximum Gasteiger partial charge on any atom is 0.295 e. The summed E-state index contributed by atoms with van der Waals surface area (Å²) in [6.07, 6.45) is 1.62. The van der Waals surface area contributed by atoms with E-state index in [1.807, 2.05) is 6.92 Å². The molecule has 0 aromatic heterocycles. The van der Waals surface area contributed by atoms with Crippen LogP contribution in [0.5, 0.6) is 23.0 Å². The van der Waals surface area contributed by atoms with E-state index in [0.29, 0.717) is 53.9 Å². The molecule has 0 radical (unpaired) electrons. The monoisotopic (exact) mass is 495 g/mol. The molecule has 2 aromatic rings. The van der Waals surface area contributed by atoms with Gasteiger partial charge in [-0.25, -0.2) is 0 Å². The Kier molecular flexibility index (Phi) is 7.80. The molecule has 9 heteroatoms. The van der Waals surface area contributed by atoms with Crippen molar-refractivity contribution in [1.29, 1.82) is 0 Å². The van der Waals surface area contributed by atoms with Gasteiger partial charge in [0, 0.05) is 19.2 Å². The molecular formula is C27H29NO8. The third-order valence-electron chi connectivity index (χ3n) is 5.83. The van der Waals surface area contributed by atoms with Crippen molar-refractivity contribution in [2.45, 2.75) is 13.0 Å². The molecule has 36 heavy (non-hydrogen) atoms. The third kappa shape index (κ3) is 4.87. The van der Waals surface area contributed by atoms with Crippen LogP contribution in [-0.4, -0.2) is 68.4 Å². The van der Waals surface area contributed by atoms with E-state index in [1.54, 1.807) is 42.5 Å². The Labute approximate surface area is 209 Å². The summed E-state index contributed by atoms with van der Waals surface area (Å²) in [4.78, 5) is 27.7. The SMILES string of the molecule is C=CCOc1ccc([C@H]2C(=C(O)c3ccc4c(c3)OCCO4)C(=O)C(=O)N2CCOC)cc1OCC. The van der Waals surface area contributed by atoms with Gasteiger partial charge in [-0.05, 0) is 42.8 Å². The van der Waals surface area contributed by atoms with Crippen LogP contribution in [-0.2, 0) is 14.3 Å². The molecule has 1 amide bonds. The third-order valence-corrected chi connectivity index (χ3v) is 5.83. The number of ether oxygens (including phenoxy) is 5. The number of carbonyl (C=O) groups is 2. The Hall–Kier alpha value is -3.98. The van der Waals surface area contributed by atoms with Gasteiger partial charge in [-0.1, -0.05) is 18.7 Å². The summed E-state index contributed by atoms with van der Waals surface area (Å²) in [5.41, 5.74) is 0.888. The minimum Gasteiger partial charge on any atom is -0.507 e. The van der Waals surface area contributed by atoms with Crippen LogP contribution in [0.15, 0.2) is 54.6 Å². The van der Waals surface area contributed by atoms with Crippen LogP contribution in [0.3, 0.4) is 0 Å². The molecule has 0 unspecified atom stereocenters. The molecule has 1 fully saturated rings. The van der Waals surface area contributed by atoms with Crippen molar-refractivity contribution in [3.8, 4) is 23.0 Å². The summed E-state index contributed by atoms with van der Waals surface area (Å²) in [7, 11) is 1.51. The van der Waals surface area contributed by atoms with Crippen LogP contribution in [0.4, 0.5) is 0 Å². The average molecular weight is 496 g/mol. The first-order chi connectivity index (χ1) is 17.5. The van der Waals surface area contributed by atoms with E-state index in [0.717, 1.165) is 0 Å². The van der Waals surface area contributed by atoms with Gasteiger partial charge < -0.3 is 33.7 Å². The average Bonchev–Trinajstić information content (AvgIpc) is 3.15. The number of nitrogens with zero attached hydrogens (tertiary/aromatic N) is 1. The Morgan fingerprint density at radius 3 is 2.61 bits per heavy atom. The van der Waals surface area contributed by atoms with E-state index in [4.69, 9.17) is 23.7 Å². The van der Waals surface area contributed by atoms with Crippen molar-refractivity contribution in [1.82, 2.24) is 4.90 Å². The first-order valence-electron chi connectivity index (χ1n) is 11.7. The fraction of sp³-hybridized carbons (Fsp3) is 0.333. The number of amides is 1. The van der Waals surface area contributed by atoms with Crippen molar-refractivity contribution < 1.29 is 38.4 Å². The summed E-state index contributed by atoms with van der Waals surface area (Å²) in [5, 5.41) is 11.3. The number of rotatable bonds is 10. The summed E-state index contributed by atoms with van der Waals surface area (Å²) < 4.78 is 27.8. The number of carbonyl (C=O) groups excluding carboxylic acids is 2. The van der Waals surface area contributed by atoms with E-state index in [1.165, 1.54) is 12.0 Å². The number of hydrogen-bond donors (Lipinski definition) is 1. The number of aliphatic hydroxyl groups excluding tert-OH is 1. The fourth-order valence-electron chi connectivity index (χ4n) is 4.22. The molecule has 2 aromatic carbocycles. The lowest BCUT2D eigenvalue weighted by molar-refractivity contribution is -0.140. The van der Waals surface area contributed by atoms with Crippen molar-refractivity contribution in [2.75, 3.05) is 46.7 Å². The highest BCUT2D eigenvalue weighted by Crippen LogP contribution is 2.43. The molecule has 9 nitrogen and oxygen atoms in total. The molecule has 1 N–H and O–H groups in total. The predicted molar refractivity (Wildman–Crippen MR) is 132 cm³/mol. The molecule has 0 aliphatic carbocycles. The maximum absolute atomic E-state index is 13.2. The molecule has 190 valence electrons. The number of fused-ring (bicyclic) bond motifs is 1. The lowest BCUT2D eigenvalue weighted by Crippen LogP contribution is -2.32. The Bertz CT molecular complexity index is 1190. The molecule has 2 aliphatic rings. The predicted octanol–water partition coefficient (Wildman–Crippen LogP) is 3.49. The molecule has 1 saturated heterocycles. The summed E-state index contributed by atoms with van der Waals surface area (Å²) in [6, 6.07) is 9.20. The van der Waals surface area contributed by atoms with Crippen LogP contribution in [0.2, 0.25) is 0 Å². The minimum absolute atomic E-state index is 0.0324. The lowest BCUT2D eigenvalue weighted by Gasteiger charge is -2.26. The molecule has 0 spiro atoms. The standard InChI is InChI=1S/C27H29NO8/c1-4-11-34-19-8-6-17(15-21(19)33-5-2)24-23(26(30)27(31)28(24)10-12-32-3)25(29)18-7-9-20-22(16-18)36-14-13-35-20/h4,6-9,15-16,24,29H,1,5,10-14H2,2-3H3/t24-/m0/s1. The van der Waals surface area contributed by atoms with E-state index in [2.05, 4.69) is 6.58 Å².